The SMILES string of the molecule is C=C(Nc1cccc(-c2cccc(NC(=O)c3nc4c(n3C)CCN(C)C4)c2Cl)c1C#N)c1nc2c(n1C)CCN(CCC1CCC(C(=O)O)CC1)C2. The third kappa shape index (κ3) is 7.34. The summed E-state index contributed by atoms with van der Waals surface area (Å²) in [5, 5.41) is 26.4. The lowest BCUT2D eigenvalue weighted by Crippen LogP contribution is -2.33. The Bertz CT molecular complexity index is 2120. The fraction of sp³-hybridized carbons (Fsp3) is 0.425. The highest BCUT2D eigenvalue weighted by molar-refractivity contribution is 6.36. The number of anilines is 2. The maximum atomic E-state index is 13.4. The minimum Gasteiger partial charge on any atom is -0.481 e. The van der Waals surface area contributed by atoms with Gasteiger partial charge in [0.1, 0.15) is 6.07 Å². The van der Waals surface area contributed by atoms with Crippen LogP contribution in [0.2, 0.25) is 5.02 Å². The van der Waals surface area contributed by atoms with Crippen LogP contribution in [0.4, 0.5) is 11.4 Å². The van der Waals surface area contributed by atoms with Crippen molar-refractivity contribution in [3.8, 4) is 17.2 Å². The van der Waals surface area contributed by atoms with Crippen molar-refractivity contribution in [1.29, 1.82) is 5.26 Å². The molecule has 4 aromatic rings. The van der Waals surface area contributed by atoms with E-state index in [0.717, 1.165) is 88.2 Å². The van der Waals surface area contributed by atoms with E-state index in [1.54, 1.807) is 12.1 Å². The molecule has 7 rings (SSSR count). The van der Waals surface area contributed by atoms with E-state index >= 15 is 0 Å². The number of likely N-dealkylation sites (N-methyl/N-ethyl adjacent to an activating group) is 1. The largest absolute Gasteiger partial charge is 0.481 e. The predicted molar refractivity (Wildman–Crippen MR) is 205 cm³/mol. The van der Waals surface area contributed by atoms with Gasteiger partial charge in [-0.3, -0.25) is 14.5 Å². The van der Waals surface area contributed by atoms with Crippen LogP contribution in [-0.2, 0) is 44.8 Å². The number of carbonyl (C=O) groups is 2. The molecule has 13 heteroatoms. The van der Waals surface area contributed by atoms with Crippen LogP contribution in [0.1, 0.15) is 76.9 Å². The number of hydrogen-bond donors (Lipinski definition) is 3. The average molecular weight is 736 g/mol. The number of nitriles is 1. The van der Waals surface area contributed by atoms with Crippen molar-refractivity contribution in [3.63, 3.8) is 0 Å². The molecule has 276 valence electrons. The topological polar surface area (TPSA) is 144 Å². The molecule has 1 saturated carbocycles. The van der Waals surface area contributed by atoms with E-state index in [1.807, 2.05) is 50.0 Å². The average Bonchev–Trinajstić information content (AvgIpc) is 3.66. The van der Waals surface area contributed by atoms with Crippen molar-refractivity contribution in [2.45, 2.75) is 58.0 Å². The number of benzene rings is 2. The van der Waals surface area contributed by atoms with Crippen molar-refractivity contribution in [2.75, 3.05) is 37.3 Å². The molecular weight excluding hydrogens is 690 g/mol. The molecule has 0 bridgehead atoms. The number of carboxylic acid groups (broad SMARTS) is 1. The number of aliphatic carboxylic acids is 1. The Hall–Kier alpha value is -4.96. The summed E-state index contributed by atoms with van der Waals surface area (Å²) in [5.41, 5.74) is 7.38. The molecule has 4 heterocycles. The number of halogens is 1. The van der Waals surface area contributed by atoms with Gasteiger partial charge in [0.2, 0.25) is 0 Å². The van der Waals surface area contributed by atoms with Crippen LogP contribution < -0.4 is 10.6 Å². The minimum atomic E-state index is -0.657. The maximum Gasteiger partial charge on any atom is 0.306 e. The van der Waals surface area contributed by atoms with Crippen molar-refractivity contribution in [2.24, 2.45) is 25.9 Å². The van der Waals surface area contributed by atoms with Gasteiger partial charge >= 0.3 is 5.97 Å². The summed E-state index contributed by atoms with van der Waals surface area (Å²) >= 11 is 6.96. The molecule has 0 atom stereocenters. The number of fused-ring (bicyclic) bond motifs is 2. The lowest BCUT2D eigenvalue weighted by molar-refractivity contribution is -0.143. The first-order valence-corrected chi connectivity index (χ1v) is 18.7. The second-order valence-corrected chi connectivity index (χ2v) is 15.1. The quantitative estimate of drug-likeness (QED) is 0.171. The Morgan fingerprint density at radius 3 is 2.26 bits per heavy atom. The highest BCUT2D eigenvalue weighted by Gasteiger charge is 2.29. The number of carboxylic acids is 1. The van der Waals surface area contributed by atoms with Crippen LogP contribution in [-0.4, -0.2) is 72.6 Å². The molecular formula is C40H46ClN9O3. The lowest BCUT2D eigenvalue weighted by atomic mass is 9.80. The second-order valence-electron chi connectivity index (χ2n) is 14.7. The zero-order valence-corrected chi connectivity index (χ0v) is 31.3. The molecule has 12 nitrogen and oxygen atoms in total. The van der Waals surface area contributed by atoms with E-state index in [1.165, 1.54) is 5.69 Å². The number of hydrogen-bond acceptors (Lipinski definition) is 8. The number of imidazole rings is 2. The molecule has 53 heavy (non-hydrogen) atoms. The summed E-state index contributed by atoms with van der Waals surface area (Å²) in [6.45, 7) is 8.60. The van der Waals surface area contributed by atoms with Gasteiger partial charge in [-0.15, -0.1) is 0 Å². The zero-order valence-electron chi connectivity index (χ0n) is 30.6. The summed E-state index contributed by atoms with van der Waals surface area (Å²) < 4.78 is 3.95. The van der Waals surface area contributed by atoms with Crippen LogP contribution in [0.3, 0.4) is 0 Å². The molecule has 0 radical (unpaired) electrons. The van der Waals surface area contributed by atoms with Crippen LogP contribution in [0.5, 0.6) is 0 Å². The molecule has 3 aliphatic rings. The Labute approximate surface area is 315 Å². The predicted octanol–water partition coefficient (Wildman–Crippen LogP) is 6.31. The summed E-state index contributed by atoms with van der Waals surface area (Å²) in [7, 11) is 5.91. The van der Waals surface area contributed by atoms with E-state index in [4.69, 9.17) is 16.6 Å². The summed E-state index contributed by atoms with van der Waals surface area (Å²) in [5.74, 6) is 0.430. The second kappa shape index (κ2) is 15.2. The number of aromatic nitrogens is 4. The van der Waals surface area contributed by atoms with Gasteiger partial charge in [0.25, 0.3) is 5.91 Å². The van der Waals surface area contributed by atoms with Crippen LogP contribution in [0.25, 0.3) is 16.8 Å². The molecule has 1 aliphatic carbocycles. The first-order valence-electron chi connectivity index (χ1n) is 18.3. The number of nitrogens with one attached hydrogen (secondary N) is 2. The molecule has 3 N–H and O–H groups in total. The highest BCUT2D eigenvalue weighted by atomic mass is 35.5. The lowest BCUT2D eigenvalue weighted by Gasteiger charge is -2.30. The van der Waals surface area contributed by atoms with E-state index in [9.17, 15) is 20.0 Å². The van der Waals surface area contributed by atoms with Crippen LogP contribution >= 0.6 is 11.6 Å². The normalized spacial score (nSPS) is 18.8. The smallest absolute Gasteiger partial charge is 0.306 e. The summed E-state index contributed by atoms with van der Waals surface area (Å²) in [6, 6.07) is 13.3. The number of amides is 1. The van der Waals surface area contributed by atoms with E-state index in [-0.39, 0.29) is 11.8 Å². The van der Waals surface area contributed by atoms with E-state index in [0.29, 0.717) is 62.9 Å². The van der Waals surface area contributed by atoms with E-state index in [2.05, 4.69) is 42.6 Å². The van der Waals surface area contributed by atoms with Crippen molar-refractivity contribution in [1.82, 2.24) is 28.9 Å². The van der Waals surface area contributed by atoms with Gasteiger partial charge in [0.05, 0.1) is 45.0 Å². The Morgan fingerprint density at radius 1 is 0.906 bits per heavy atom. The van der Waals surface area contributed by atoms with Gasteiger partial charge in [-0.25, -0.2) is 9.97 Å². The number of rotatable bonds is 10. The third-order valence-electron chi connectivity index (χ3n) is 11.3. The Morgan fingerprint density at radius 2 is 1.55 bits per heavy atom. The van der Waals surface area contributed by atoms with Crippen molar-refractivity contribution < 1.29 is 14.7 Å². The van der Waals surface area contributed by atoms with Gasteiger partial charge in [-0.2, -0.15) is 5.26 Å². The monoisotopic (exact) mass is 735 g/mol. The molecule has 2 aromatic carbocycles. The van der Waals surface area contributed by atoms with Crippen molar-refractivity contribution in [3.05, 3.63) is 88.0 Å². The zero-order chi connectivity index (χ0) is 37.4. The molecule has 0 saturated heterocycles. The third-order valence-corrected chi connectivity index (χ3v) is 11.7. The first kappa shape index (κ1) is 36.4. The fourth-order valence-electron chi connectivity index (χ4n) is 8.20. The first-order chi connectivity index (χ1) is 25.5. The Kier molecular flexibility index (Phi) is 10.4. The number of carbonyl (C=O) groups excluding carboxylic acids is 1. The van der Waals surface area contributed by atoms with Crippen molar-refractivity contribution >= 4 is 40.5 Å². The van der Waals surface area contributed by atoms with Gasteiger partial charge in [-0.1, -0.05) is 42.4 Å². The minimum absolute atomic E-state index is 0.182. The molecule has 1 fully saturated rings. The maximum absolute atomic E-state index is 13.4. The van der Waals surface area contributed by atoms with Gasteiger partial charge < -0.3 is 29.8 Å². The van der Waals surface area contributed by atoms with Gasteiger partial charge in [0, 0.05) is 75.6 Å². The molecule has 2 aliphatic heterocycles. The van der Waals surface area contributed by atoms with Crippen LogP contribution in [0.15, 0.2) is 43.0 Å². The highest BCUT2D eigenvalue weighted by Crippen LogP contribution is 2.39. The Balaban J connectivity index is 1.04. The van der Waals surface area contributed by atoms with Gasteiger partial charge in [-0.05, 0) is 63.7 Å². The summed E-state index contributed by atoms with van der Waals surface area (Å²) in [4.78, 5) is 39.1. The molecule has 0 unspecified atom stereocenters. The molecule has 1 amide bonds. The molecule has 2 aromatic heterocycles. The van der Waals surface area contributed by atoms with E-state index < -0.39 is 5.97 Å². The van der Waals surface area contributed by atoms with Crippen LogP contribution in [0, 0.1) is 23.2 Å². The van der Waals surface area contributed by atoms with Gasteiger partial charge in [0.15, 0.2) is 11.6 Å². The number of nitrogens with zero attached hydrogens (tertiary/aromatic N) is 7. The fourth-order valence-corrected chi connectivity index (χ4v) is 8.48. The summed E-state index contributed by atoms with van der Waals surface area (Å²) in [6.07, 6.45) is 6.32. The standard InChI is InChI=1S/C40H46ClN9O3/c1-24(37-44-33-23-50(20-17-35(33)48(37)3)19-15-25-11-13-26(14-12-25)40(52)53)43-30-9-5-7-27(29(30)21-42)28-8-6-10-31(36(28)41)46-39(51)38-45-32-22-47(2)18-16-34(32)49(38)4/h5-10,25-26,43H,1,11-20,22-23H2,2-4H3,(H,46,51)(H,52,53). The molecule has 0 spiro atoms.